The zero-order valence-corrected chi connectivity index (χ0v) is 18.9. The van der Waals surface area contributed by atoms with Gasteiger partial charge in [0.25, 0.3) is 0 Å². The molecule has 1 aromatic heterocycles. The molecule has 5 rings (SSSR count). The van der Waals surface area contributed by atoms with Crippen molar-refractivity contribution in [1.29, 1.82) is 0 Å². The molecule has 168 valence electrons. The summed E-state index contributed by atoms with van der Waals surface area (Å²) in [6, 6.07) is 20.7. The van der Waals surface area contributed by atoms with Crippen LogP contribution >= 0.6 is 0 Å². The Balaban J connectivity index is 1.40. The normalized spacial score (nSPS) is 14.8. The van der Waals surface area contributed by atoms with Gasteiger partial charge >= 0.3 is 0 Å². The van der Waals surface area contributed by atoms with Crippen molar-refractivity contribution < 1.29 is 14.3 Å². The highest BCUT2D eigenvalue weighted by Crippen LogP contribution is 2.41. The highest BCUT2D eigenvalue weighted by atomic mass is 16.5. The summed E-state index contributed by atoms with van der Waals surface area (Å²) in [5.41, 5.74) is 5.98. The van der Waals surface area contributed by atoms with E-state index in [0.717, 1.165) is 40.8 Å². The van der Waals surface area contributed by atoms with E-state index in [2.05, 4.69) is 40.7 Å². The van der Waals surface area contributed by atoms with Crippen LogP contribution in [0.25, 0.3) is 22.0 Å². The third kappa shape index (κ3) is 4.16. The topological polar surface area (TPSA) is 65.4 Å². The predicted octanol–water partition coefficient (Wildman–Crippen LogP) is 4.91. The fraction of sp³-hybridized carbons (Fsp3) is 0.259. The van der Waals surface area contributed by atoms with Gasteiger partial charge in [-0.15, -0.1) is 0 Å². The number of ether oxygens (including phenoxy) is 2. The molecule has 1 aliphatic carbocycles. The molecule has 1 N–H and O–H groups in total. The Hall–Kier alpha value is -3.80. The minimum atomic E-state index is -0.000883. The lowest BCUT2D eigenvalue weighted by molar-refractivity contribution is -0.120. The van der Waals surface area contributed by atoms with Crippen molar-refractivity contribution >= 4 is 16.8 Å². The van der Waals surface area contributed by atoms with E-state index in [1.165, 1.54) is 16.7 Å². The van der Waals surface area contributed by atoms with Gasteiger partial charge in [-0.1, -0.05) is 30.3 Å². The maximum atomic E-state index is 11.6. The van der Waals surface area contributed by atoms with Gasteiger partial charge in [0, 0.05) is 24.4 Å². The maximum Gasteiger partial charge on any atom is 0.221 e. The fourth-order valence-corrected chi connectivity index (χ4v) is 4.60. The number of amides is 1. The molecule has 1 aliphatic rings. The summed E-state index contributed by atoms with van der Waals surface area (Å²) in [6.45, 7) is 0.546. The van der Waals surface area contributed by atoms with Crippen molar-refractivity contribution in [2.75, 3.05) is 14.2 Å². The lowest BCUT2D eigenvalue weighted by atomic mass is 9.96. The van der Waals surface area contributed by atoms with Crippen LogP contribution < -0.4 is 14.8 Å². The van der Waals surface area contributed by atoms with Crippen LogP contribution in [-0.2, 0) is 17.8 Å². The van der Waals surface area contributed by atoms with Crippen LogP contribution in [0, 0.1) is 0 Å². The molecule has 4 aromatic rings. The maximum absolute atomic E-state index is 11.6. The van der Waals surface area contributed by atoms with E-state index in [-0.39, 0.29) is 12.0 Å². The molecule has 6 nitrogen and oxygen atoms in total. The van der Waals surface area contributed by atoms with E-state index in [1.807, 2.05) is 41.2 Å². The molecule has 0 aliphatic heterocycles. The number of methoxy groups -OCH3 is 1. The summed E-state index contributed by atoms with van der Waals surface area (Å²) in [6.07, 6.45) is 4.19. The first kappa shape index (κ1) is 21.1. The van der Waals surface area contributed by atoms with Crippen LogP contribution in [0.3, 0.4) is 0 Å². The van der Waals surface area contributed by atoms with Gasteiger partial charge in [-0.2, -0.15) is 5.10 Å². The number of carbonyl (C=O) groups is 1. The van der Waals surface area contributed by atoms with Crippen molar-refractivity contribution in [3.63, 3.8) is 0 Å². The number of benzene rings is 3. The molecule has 0 bridgehead atoms. The van der Waals surface area contributed by atoms with Crippen LogP contribution in [0.15, 0.2) is 66.9 Å². The first-order valence-corrected chi connectivity index (χ1v) is 11.3. The molecule has 0 fully saturated rings. The Labute approximate surface area is 193 Å². The average molecular weight is 442 g/mol. The van der Waals surface area contributed by atoms with Gasteiger partial charge in [0.15, 0.2) is 0 Å². The summed E-state index contributed by atoms with van der Waals surface area (Å²) in [5.74, 6) is 1.69. The summed E-state index contributed by atoms with van der Waals surface area (Å²) in [7, 11) is 3.33. The van der Waals surface area contributed by atoms with Gasteiger partial charge in [0.1, 0.15) is 17.6 Å². The van der Waals surface area contributed by atoms with Crippen molar-refractivity contribution in [3.8, 4) is 22.6 Å². The molecule has 1 atom stereocenters. The molecule has 0 saturated heterocycles. The molecule has 1 heterocycles. The van der Waals surface area contributed by atoms with E-state index in [1.54, 1.807) is 14.2 Å². The molecule has 0 radical (unpaired) electrons. The van der Waals surface area contributed by atoms with E-state index < -0.39 is 0 Å². The number of carbonyl (C=O) groups excluding carboxylic acids is 1. The molecular weight excluding hydrogens is 414 g/mol. The number of hydrogen-bond donors (Lipinski definition) is 1. The Morgan fingerprint density at radius 3 is 2.73 bits per heavy atom. The van der Waals surface area contributed by atoms with Crippen molar-refractivity contribution in [2.24, 2.45) is 0 Å². The Morgan fingerprint density at radius 2 is 1.94 bits per heavy atom. The smallest absolute Gasteiger partial charge is 0.221 e. The predicted molar refractivity (Wildman–Crippen MR) is 129 cm³/mol. The second-order valence-corrected chi connectivity index (χ2v) is 8.26. The number of aryl methyl sites for hydroxylation is 2. The molecule has 0 spiro atoms. The van der Waals surface area contributed by atoms with E-state index in [4.69, 9.17) is 9.47 Å². The Bertz CT molecular complexity index is 1290. The number of hydrogen-bond acceptors (Lipinski definition) is 4. The molecular formula is C27H27N3O3. The highest BCUT2D eigenvalue weighted by Gasteiger charge is 2.27. The molecule has 6 heteroatoms. The summed E-state index contributed by atoms with van der Waals surface area (Å²) in [5, 5.41) is 8.10. The van der Waals surface area contributed by atoms with Gasteiger partial charge in [0.05, 0.1) is 25.4 Å². The molecule has 3 aromatic carbocycles. The average Bonchev–Trinajstić information content (AvgIpc) is 3.46. The summed E-state index contributed by atoms with van der Waals surface area (Å²) in [4.78, 5) is 11.6. The Kier molecular flexibility index (Phi) is 5.73. The minimum absolute atomic E-state index is 0.000883. The highest BCUT2D eigenvalue weighted by molar-refractivity contribution is 5.81. The Morgan fingerprint density at radius 1 is 1.12 bits per heavy atom. The second-order valence-electron chi connectivity index (χ2n) is 8.26. The second kappa shape index (κ2) is 8.98. The number of fused-ring (bicyclic) bond motifs is 2. The van der Waals surface area contributed by atoms with Gasteiger partial charge in [-0.05, 0) is 59.9 Å². The van der Waals surface area contributed by atoms with E-state index in [9.17, 15) is 4.79 Å². The van der Waals surface area contributed by atoms with Crippen LogP contribution in [-0.4, -0.2) is 29.8 Å². The molecule has 33 heavy (non-hydrogen) atoms. The third-order valence-electron chi connectivity index (χ3n) is 6.32. The molecule has 1 amide bonds. The van der Waals surface area contributed by atoms with Crippen LogP contribution in [0.2, 0.25) is 0 Å². The van der Waals surface area contributed by atoms with Crippen molar-refractivity contribution in [3.05, 3.63) is 78.0 Å². The summed E-state index contributed by atoms with van der Waals surface area (Å²) < 4.78 is 13.7. The number of aromatic nitrogens is 2. The lowest BCUT2D eigenvalue weighted by Crippen LogP contribution is -2.19. The zero-order chi connectivity index (χ0) is 22.8. The first-order valence-electron chi connectivity index (χ1n) is 11.3. The molecule has 0 saturated carbocycles. The van der Waals surface area contributed by atoms with Crippen LogP contribution in [0.4, 0.5) is 0 Å². The summed E-state index contributed by atoms with van der Waals surface area (Å²) >= 11 is 0. The minimum Gasteiger partial charge on any atom is -0.497 e. The lowest BCUT2D eigenvalue weighted by Gasteiger charge is -2.19. The quantitative estimate of drug-likeness (QED) is 0.442. The van der Waals surface area contributed by atoms with Crippen molar-refractivity contribution in [2.45, 2.75) is 31.9 Å². The van der Waals surface area contributed by atoms with Gasteiger partial charge in [-0.3, -0.25) is 9.48 Å². The number of rotatable bonds is 7. The van der Waals surface area contributed by atoms with Crippen LogP contribution in [0.5, 0.6) is 11.5 Å². The monoisotopic (exact) mass is 441 g/mol. The SMILES string of the molecule is CNC(=O)CCn1ncc2cc(OC3CCc4cccc(-c5ccc(OC)cc5)c43)ccc21. The standard InChI is InChI=1S/C27H27N3O3/c1-28-26(31)14-15-30-24-12-11-22(16-20(24)17-29-30)33-25-13-8-19-4-3-5-23(27(19)25)18-6-9-21(32-2)10-7-18/h3-7,9-12,16-17,25H,8,13-15H2,1-2H3,(H,28,31). The van der Waals surface area contributed by atoms with Gasteiger partial charge < -0.3 is 14.8 Å². The molecule has 1 unspecified atom stereocenters. The van der Waals surface area contributed by atoms with E-state index in [0.29, 0.717) is 13.0 Å². The van der Waals surface area contributed by atoms with E-state index >= 15 is 0 Å². The fourth-order valence-electron chi connectivity index (χ4n) is 4.60. The van der Waals surface area contributed by atoms with Crippen LogP contribution in [0.1, 0.15) is 30.1 Å². The number of nitrogens with one attached hydrogen (secondary N) is 1. The van der Waals surface area contributed by atoms with Crippen molar-refractivity contribution in [1.82, 2.24) is 15.1 Å². The number of nitrogens with zero attached hydrogens (tertiary/aromatic N) is 2. The first-order chi connectivity index (χ1) is 16.2. The van der Waals surface area contributed by atoms with Gasteiger partial charge in [-0.25, -0.2) is 0 Å². The van der Waals surface area contributed by atoms with Gasteiger partial charge in [0.2, 0.25) is 5.91 Å². The zero-order valence-electron chi connectivity index (χ0n) is 18.9. The third-order valence-corrected chi connectivity index (χ3v) is 6.32. The largest absolute Gasteiger partial charge is 0.497 e.